The van der Waals surface area contributed by atoms with E-state index >= 15 is 0 Å². The minimum Gasteiger partial charge on any atom is -0.494 e. The molecule has 1 aliphatic heterocycles. The zero-order valence-electron chi connectivity index (χ0n) is 20.1. The van der Waals surface area contributed by atoms with Crippen LogP contribution in [0.2, 0.25) is 0 Å². The first-order valence-corrected chi connectivity index (χ1v) is 11.5. The highest BCUT2D eigenvalue weighted by molar-refractivity contribution is 5.95. The highest BCUT2D eigenvalue weighted by Gasteiger charge is 2.27. The Bertz CT molecular complexity index is 1000. The predicted molar refractivity (Wildman–Crippen MR) is 131 cm³/mol. The number of piperazine rings is 1. The zero-order chi connectivity index (χ0) is 24.5. The molecule has 1 heterocycles. The number of esters is 1. The lowest BCUT2D eigenvalue weighted by molar-refractivity contribution is -0.120. The van der Waals surface area contributed by atoms with Crippen LogP contribution in [0.5, 0.6) is 5.75 Å². The molecule has 180 valence electrons. The van der Waals surface area contributed by atoms with Crippen LogP contribution in [0.4, 0.5) is 11.4 Å². The molecule has 1 atom stereocenters. The van der Waals surface area contributed by atoms with Crippen molar-refractivity contribution in [1.29, 1.82) is 5.26 Å². The summed E-state index contributed by atoms with van der Waals surface area (Å²) in [5.41, 5.74) is 2.33. The third-order valence-electron chi connectivity index (χ3n) is 5.96. The lowest BCUT2D eigenvalue weighted by Gasteiger charge is -2.41. The molecular formula is C26H32N4O4. The maximum absolute atomic E-state index is 13.2. The van der Waals surface area contributed by atoms with Crippen LogP contribution in [0.15, 0.2) is 48.5 Å². The Labute approximate surface area is 201 Å². The van der Waals surface area contributed by atoms with E-state index in [0.29, 0.717) is 18.7 Å². The molecule has 8 nitrogen and oxygen atoms in total. The fourth-order valence-electron chi connectivity index (χ4n) is 4.10. The fraction of sp³-hybridized carbons (Fsp3) is 0.423. The molecule has 1 aliphatic rings. The second kappa shape index (κ2) is 12.1. The number of nitriles is 1. The molecule has 1 fully saturated rings. The van der Waals surface area contributed by atoms with Crippen molar-refractivity contribution >= 4 is 23.3 Å². The molecule has 0 N–H and O–H groups in total. The Morgan fingerprint density at radius 3 is 2.41 bits per heavy atom. The number of ether oxygens (including phenoxy) is 2. The summed E-state index contributed by atoms with van der Waals surface area (Å²) in [5.74, 6) is 0.377. The predicted octanol–water partition coefficient (Wildman–Crippen LogP) is 3.33. The summed E-state index contributed by atoms with van der Waals surface area (Å²) < 4.78 is 10.3. The van der Waals surface area contributed by atoms with Gasteiger partial charge in [0.15, 0.2) is 0 Å². The van der Waals surface area contributed by atoms with E-state index in [1.54, 1.807) is 17.0 Å². The number of benzene rings is 2. The molecule has 8 heteroatoms. The van der Waals surface area contributed by atoms with Gasteiger partial charge in [0.05, 0.1) is 38.3 Å². The third-order valence-corrected chi connectivity index (χ3v) is 5.96. The Morgan fingerprint density at radius 1 is 1.12 bits per heavy atom. The zero-order valence-corrected chi connectivity index (χ0v) is 20.1. The van der Waals surface area contributed by atoms with Crippen LogP contribution in [-0.2, 0) is 9.53 Å². The van der Waals surface area contributed by atoms with Gasteiger partial charge in [0.1, 0.15) is 5.75 Å². The Hall–Kier alpha value is -3.57. The van der Waals surface area contributed by atoms with Crippen molar-refractivity contribution in [2.75, 3.05) is 56.2 Å². The molecule has 0 radical (unpaired) electrons. The number of rotatable bonds is 9. The summed E-state index contributed by atoms with van der Waals surface area (Å²) in [5, 5.41) is 9.07. The second-order valence-electron chi connectivity index (χ2n) is 8.18. The second-order valence-corrected chi connectivity index (χ2v) is 8.18. The normalized spacial score (nSPS) is 15.9. The molecule has 2 aromatic rings. The Balaban J connectivity index is 1.63. The van der Waals surface area contributed by atoms with Gasteiger partial charge in [0, 0.05) is 43.6 Å². The molecule has 2 aromatic carbocycles. The van der Waals surface area contributed by atoms with Crippen molar-refractivity contribution in [2.45, 2.75) is 26.3 Å². The van der Waals surface area contributed by atoms with Crippen LogP contribution in [0, 0.1) is 11.3 Å². The summed E-state index contributed by atoms with van der Waals surface area (Å²) in [6.07, 6.45) is 0.268. The van der Waals surface area contributed by atoms with Crippen LogP contribution < -0.4 is 14.5 Å². The molecule has 0 spiro atoms. The number of hydrogen-bond acceptors (Lipinski definition) is 7. The standard InChI is InChI=1S/C26H32N4O4/c1-4-34-24-12-10-23(11-13-24)30(15-5-14-27)25(31)19-28-16-17-29(18-20(28)2)22-8-6-21(7-9-22)26(32)33-3/h6-13,20H,4-5,15-19H2,1-3H3. The highest BCUT2D eigenvalue weighted by Crippen LogP contribution is 2.23. The number of anilines is 2. The number of amides is 1. The van der Waals surface area contributed by atoms with E-state index < -0.39 is 0 Å². The summed E-state index contributed by atoms with van der Waals surface area (Å²) in [6.45, 7) is 7.53. The van der Waals surface area contributed by atoms with Crippen molar-refractivity contribution < 1.29 is 19.1 Å². The van der Waals surface area contributed by atoms with Crippen molar-refractivity contribution in [1.82, 2.24) is 4.90 Å². The monoisotopic (exact) mass is 464 g/mol. The van der Waals surface area contributed by atoms with Crippen molar-refractivity contribution in [3.63, 3.8) is 0 Å². The van der Waals surface area contributed by atoms with Crippen LogP contribution in [-0.4, -0.2) is 69.3 Å². The first-order chi connectivity index (χ1) is 16.5. The fourth-order valence-corrected chi connectivity index (χ4v) is 4.10. The molecule has 1 unspecified atom stereocenters. The largest absolute Gasteiger partial charge is 0.494 e. The topological polar surface area (TPSA) is 86.1 Å². The minimum absolute atomic E-state index is 0.0258. The minimum atomic E-state index is -0.350. The average molecular weight is 465 g/mol. The first kappa shape index (κ1) is 25.1. The van der Waals surface area contributed by atoms with Gasteiger partial charge in [-0.2, -0.15) is 5.26 Å². The van der Waals surface area contributed by atoms with Gasteiger partial charge >= 0.3 is 5.97 Å². The van der Waals surface area contributed by atoms with Crippen LogP contribution in [0.1, 0.15) is 30.6 Å². The average Bonchev–Trinajstić information content (AvgIpc) is 2.86. The van der Waals surface area contributed by atoms with Gasteiger partial charge in [-0.15, -0.1) is 0 Å². The van der Waals surface area contributed by atoms with E-state index in [2.05, 4.69) is 22.8 Å². The van der Waals surface area contributed by atoms with Gasteiger partial charge in [0.25, 0.3) is 0 Å². The van der Waals surface area contributed by atoms with Crippen molar-refractivity contribution in [3.8, 4) is 11.8 Å². The lowest BCUT2D eigenvalue weighted by atomic mass is 10.1. The summed E-state index contributed by atoms with van der Waals surface area (Å²) >= 11 is 0. The van der Waals surface area contributed by atoms with Gasteiger partial charge in [-0.3, -0.25) is 9.69 Å². The highest BCUT2D eigenvalue weighted by atomic mass is 16.5. The molecule has 0 saturated carbocycles. The molecule has 34 heavy (non-hydrogen) atoms. The van der Waals surface area contributed by atoms with Crippen LogP contribution in [0.25, 0.3) is 0 Å². The van der Waals surface area contributed by atoms with E-state index in [9.17, 15) is 9.59 Å². The number of nitrogens with zero attached hydrogens (tertiary/aromatic N) is 4. The van der Waals surface area contributed by atoms with Crippen molar-refractivity contribution in [3.05, 3.63) is 54.1 Å². The Morgan fingerprint density at radius 2 is 1.82 bits per heavy atom. The molecule has 0 bridgehead atoms. The van der Waals surface area contributed by atoms with Gasteiger partial charge in [-0.05, 0) is 62.4 Å². The number of hydrogen-bond donors (Lipinski definition) is 0. The van der Waals surface area contributed by atoms with Gasteiger partial charge < -0.3 is 19.3 Å². The SMILES string of the molecule is CCOc1ccc(N(CCC#N)C(=O)CN2CCN(c3ccc(C(=O)OC)cc3)CC2C)cc1. The van der Waals surface area contributed by atoms with E-state index in [1.807, 2.05) is 43.3 Å². The maximum atomic E-state index is 13.2. The summed E-state index contributed by atoms with van der Waals surface area (Å²) in [4.78, 5) is 31.0. The van der Waals surface area contributed by atoms with Gasteiger partial charge in [-0.25, -0.2) is 4.79 Å². The smallest absolute Gasteiger partial charge is 0.337 e. The lowest BCUT2D eigenvalue weighted by Crippen LogP contribution is -2.55. The molecule has 1 saturated heterocycles. The molecule has 1 amide bonds. The van der Waals surface area contributed by atoms with E-state index in [0.717, 1.165) is 36.8 Å². The van der Waals surface area contributed by atoms with E-state index in [4.69, 9.17) is 14.7 Å². The van der Waals surface area contributed by atoms with Gasteiger partial charge in [0.2, 0.25) is 5.91 Å². The van der Waals surface area contributed by atoms with Gasteiger partial charge in [-0.1, -0.05) is 0 Å². The third kappa shape index (κ3) is 6.27. The molecule has 0 aromatic heterocycles. The van der Waals surface area contributed by atoms with Crippen molar-refractivity contribution in [2.24, 2.45) is 0 Å². The molecule has 0 aliphatic carbocycles. The quantitative estimate of drug-likeness (QED) is 0.526. The number of carbonyl (C=O) groups excluding carboxylic acids is 2. The number of methoxy groups -OCH3 is 1. The van der Waals surface area contributed by atoms with E-state index in [-0.39, 0.29) is 30.9 Å². The van der Waals surface area contributed by atoms with E-state index in [1.165, 1.54) is 7.11 Å². The maximum Gasteiger partial charge on any atom is 0.337 e. The molecule has 3 rings (SSSR count). The summed E-state index contributed by atoms with van der Waals surface area (Å²) in [6, 6.07) is 17.1. The number of carbonyl (C=O) groups is 2. The summed E-state index contributed by atoms with van der Waals surface area (Å²) in [7, 11) is 1.37. The Kier molecular flexibility index (Phi) is 8.88. The first-order valence-electron chi connectivity index (χ1n) is 11.5. The van der Waals surface area contributed by atoms with Crippen LogP contribution in [0.3, 0.4) is 0 Å². The molecular weight excluding hydrogens is 432 g/mol. The van der Waals surface area contributed by atoms with Crippen LogP contribution >= 0.6 is 0 Å².